The quantitative estimate of drug-likeness (QED) is 0.481. The molecule has 0 spiro atoms. The second-order valence-corrected chi connectivity index (χ2v) is 5.90. The monoisotopic (exact) mass is 261 g/mol. The van der Waals surface area contributed by atoms with Crippen LogP contribution in [0.2, 0.25) is 0 Å². The van der Waals surface area contributed by atoms with Gasteiger partial charge in [0.2, 0.25) is 0 Å². The predicted octanol–water partition coefficient (Wildman–Crippen LogP) is 5.33. The third-order valence-corrected chi connectivity index (χ3v) is 4.43. The predicted molar refractivity (Wildman–Crippen MR) is 82.5 cm³/mol. The Labute approximate surface area is 115 Å². The molecule has 0 N–H and O–H groups in total. The molecular weight excluding hydrogens is 238 g/mol. The Morgan fingerprint density at radius 1 is 1.06 bits per heavy atom. The normalized spacial score (nSPS) is 11.2. The Balaban J connectivity index is 1.94. The summed E-state index contributed by atoms with van der Waals surface area (Å²) in [5, 5.41) is 1.37. The average molecular weight is 261 g/mol. The Morgan fingerprint density at radius 2 is 1.94 bits per heavy atom. The number of aryl methyl sites for hydroxylation is 1. The van der Waals surface area contributed by atoms with Crippen molar-refractivity contribution in [3.8, 4) is 0 Å². The van der Waals surface area contributed by atoms with E-state index in [2.05, 4.69) is 48.9 Å². The SMILES string of the molecule is CCCCCCSc1ccc2c(ccn2CC)c1. The Kier molecular flexibility index (Phi) is 5.18. The van der Waals surface area contributed by atoms with Gasteiger partial charge in [0, 0.05) is 28.5 Å². The highest BCUT2D eigenvalue weighted by molar-refractivity contribution is 7.99. The van der Waals surface area contributed by atoms with Gasteiger partial charge in [-0.2, -0.15) is 0 Å². The third-order valence-electron chi connectivity index (χ3n) is 3.35. The topological polar surface area (TPSA) is 4.93 Å². The van der Waals surface area contributed by atoms with E-state index in [-0.39, 0.29) is 0 Å². The van der Waals surface area contributed by atoms with Gasteiger partial charge in [-0.25, -0.2) is 0 Å². The first-order valence-electron chi connectivity index (χ1n) is 7.07. The molecule has 1 aromatic heterocycles. The summed E-state index contributed by atoms with van der Waals surface area (Å²) >= 11 is 1.99. The van der Waals surface area contributed by atoms with E-state index in [4.69, 9.17) is 0 Å². The van der Waals surface area contributed by atoms with Gasteiger partial charge in [-0.3, -0.25) is 0 Å². The lowest BCUT2D eigenvalue weighted by molar-refractivity contribution is 0.706. The first kappa shape index (κ1) is 13.5. The minimum absolute atomic E-state index is 1.05. The number of thioether (sulfide) groups is 1. The molecule has 18 heavy (non-hydrogen) atoms. The van der Waals surface area contributed by atoms with Crippen molar-refractivity contribution >= 4 is 22.7 Å². The van der Waals surface area contributed by atoms with Crippen LogP contribution in [0.1, 0.15) is 39.5 Å². The number of hydrogen-bond acceptors (Lipinski definition) is 1. The van der Waals surface area contributed by atoms with Crippen LogP contribution in [0.5, 0.6) is 0 Å². The maximum atomic E-state index is 2.33. The summed E-state index contributed by atoms with van der Waals surface area (Å²) in [6.07, 6.45) is 7.59. The summed E-state index contributed by atoms with van der Waals surface area (Å²) in [5.41, 5.74) is 1.35. The zero-order valence-electron chi connectivity index (χ0n) is 11.5. The molecule has 0 fully saturated rings. The third kappa shape index (κ3) is 3.32. The van der Waals surface area contributed by atoms with Crippen molar-refractivity contribution in [2.24, 2.45) is 0 Å². The standard InChI is InChI=1S/C16H23NS/c1-3-5-6-7-12-18-15-8-9-16-14(13-15)10-11-17(16)4-2/h8-11,13H,3-7,12H2,1-2H3. The molecule has 0 atom stereocenters. The molecule has 2 rings (SSSR count). The van der Waals surface area contributed by atoms with Crippen LogP contribution in [-0.2, 0) is 6.54 Å². The Hall–Kier alpha value is -0.890. The second-order valence-electron chi connectivity index (χ2n) is 4.73. The minimum atomic E-state index is 1.05. The van der Waals surface area contributed by atoms with Crippen LogP contribution >= 0.6 is 11.8 Å². The van der Waals surface area contributed by atoms with Gasteiger partial charge in [0.25, 0.3) is 0 Å². The molecule has 0 unspecified atom stereocenters. The molecule has 1 aromatic carbocycles. The van der Waals surface area contributed by atoms with Crippen molar-refractivity contribution in [3.63, 3.8) is 0 Å². The van der Waals surface area contributed by atoms with Gasteiger partial charge in [0.05, 0.1) is 0 Å². The molecule has 0 bridgehead atoms. The first-order chi connectivity index (χ1) is 8.85. The van der Waals surface area contributed by atoms with Crippen LogP contribution in [0.15, 0.2) is 35.4 Å². The molecule has 2 aromatic rings. The van der Waals surface area contributed by atoms with E-state index >= 15 is 0 Å². The molecule has 0 saturated heterocycles. The number of hydrogen-bond donors (Lipinski definition) is 0. The maximum Gasteiger partial charge on any atom is 0.0480 e. The molecule has 0 radical (unpaired) electrons. The van der Waals surface area contributed by atoms with Crippen molar-refractivity contribution in [1.82, 2.24) is 4.57 Å². The molecule has 1 nitrogen and oxygen atoms in total. The van der Waals surface area contributed by atoms with E-state index in [0.29, 0.717) is 0 Å². The molecule has 0 aliphatic carbocycles. The molecular formula is C16H23NS. The van der Waals surface area contributed by atoms with Crippen LogP contribution in [-0.4, -0.2) is 10.3 Å². The van der Waals surface area contributed by atoms with Crippen molar-refractivity contribution in [3.05, 3.63) is 30.5 Å². The van der Waals surface area contributed by atoms with E-state index < -0.39 is 0 Å². The summed E-state index contributed by atoms with van der Waals surface area (Å²) in [4.78, 5) is 1.41. The van der Waals surface area contributed by atoms with Crippen LogP contribution < -0.4 is 0 Å². The number of unbranched alkanes of at least 4 members (excludes halogenated alkanes) is 3. The van der Waals surface area contributed by atoms with Crippen molar-refractivity contribution in [2.75, 3.05) is 5.75 Å². The molecule has 98 valence electrons. The number of nitrogens with zero attached hydrogens (tertiary/aromatic N) is 1. The number of fused-ring (bicyclic) bond motifs is 1. The zero-order valence-corrected chi connectivity index (χ0v) is 12.3. The second kappa shape index (κ2) is 6.89. The van der Waals surface area contributed by atoms with Gasteiger partial charge in [0.1, 0.15) is 0 Å². The highest BCUT2D eigenvalue weighted by Gasteiger charge is 2.01. The molecule has 2 heteroatoms. The summed E-state index contributed by atoms with van der Waals surface area (Å²) < 4.78 is 2.30. The number of rotatable bonds is 7. The number of benzene rings is 1. The van der Waals surface area contributed by atoms with E-state index in [0.717, 1.165) is 6.54 Å². The molecule has 0 aliphatic heterocycles. The van der Waals surface area contributed by atoms with Crippen LogP contribution in [0.3, 0.4) is 0 Å². The van der Waals surface area contributed by atoms with Crippen molar-refractivity contribution in [2.45, 2.75) is 51.0 Å². The summed E-state index contributed by atoms with van der Waals surface area (Å²) in [6.45, 7) is 5.50. The summed E-state index contributed by atoms with van der Waals surface area (Å²) in [7, 11) is 0. The fourth-order valence-corrected chi connectivity index (χ4v) is 3.22. The lowest BCUT2D eigenvalue weighted by Crippen LogP contribution is -1.90. The Morgan fingerprint density at radius 3 is 2.72 bits per heavy atom. The smallest absolute Gasteiger partial charge is 0.0480 e. The largest absolute Gasteiger partial charge is 0.348 e. The maximum absolute atomic E-state index is 2.33. The van der Waals surface area contributed by atoms with E-state index in [9.17, 15) is 0 Å². The van der Waals surface area contributed by atoms with Gasteiger partial charge in [0.15, 0.2) is 0 Å². The number of aromatic nitrogens is 1. The van der Waals surface area contributed by atoms with Gasteiger partial charge < -0.3 is 4.57 Å². The molecule has 0 amide bonds. The molecule has 0 saturated carbocycles. The molecule has 0 aliphatic rings. The van der Waals surface area contributed by atoms with Crippen LogP contribution in [0.25, 0.3) is 10.9 Å². The van der Waals surface area contributed by atoms with Crippen molar-refractivity contribution in [1.29, 1.82) is 0 Å². The Bertz CT molecular complexity index is 487. The van der Waals surface area contributed by atoms with E-state index in [1.54, 1.807) is 0 Å². The highest BCUT2D eigenvalue weighted by Crippen LogP contribution is 2.25. The van der Waals surface area contributed by atoms with Gasteiger partial charge in [-0.1, -0.05) is 26.2 Å². The fraction of sp³-hybridized carbons (Fsp3) is 0.500. The lowest BCUT2D eigenvalue weighted by atomic mass is 10.2. The van der Waals surface area contributed by atoms with Crippen LogP contribution in [0.4, 0.5) is 0 Å². The van der Waals surface area contributed by atoms with Gasteiger partial charge >= 0.3 is 0 Å². The van der Waals surface area contributed by atoms with E-state index in [1.807, 2.05) is 11.8 Å². The van der Waals surface area contributed by atoms with Gasteiger partial charge in [-0.15, -0.1) is 11.8 Å². The lowest BCUT2D eigenvalue weighted by Gasteiger charge is -2.04. The highest BCUT2D eigenvalue weighted by atomic mass is 32.2. The average Bonchev–Trinajstić information content (AvgIpc) is 2.80. The summed E-state index contributed by atoms with van der Waals surface area (Å²) in [6, 6.07) is 9.07. The zero-order chi connectivity index (χ0) is 12.8. The summed E-state index contributed by atoms with van der Waals surface area (Å²) in [5.74, 6) is 1.25. The fourth-order valence-electron chi connectivity index (χ4n) is 2.26. The van der Waals surface area contributed by atoms with Gasteiger partial charge in [-0.05, 0) is 43.4 Å². The first-order valence-corrected chi connectivity index (χ1v) is 8.05. The minimum Gasteiger partial charge on any atom is -0.348 e. The van der Waals surface area contributed by atoms with E-state index in [1.165, 1.54) is 47.2 Å². The van der Waals surface area contributed by atoms with Crippen LogP contribution in [0, 0.1) is 0 Å². The van der Waals surface area contributed by atoms with Crippen molar-refractivity contribution < 1.29 is 0 Å². The molecule has 1 heterocycles.